The number of halogens is 3. The van der Waals surface area contributed by atoms with Gasteiger partial charge in [-0.05, 0) is 25.1 Å². The number of rotatable bonds is 5. The second-order valence-electron chi connectivity index (χ2n) is 6.35. The summed E-state index contributed by atoms with van der Waals surface area (Å²) in [6.45, 7) is 1.08. The number of carbonyl (C=O) groups excluding carboxylic acids is 1. The van der Waals surface area contributed by atoms with E-state index < -0.39 is 22.8 Å². The van der Waals surface area contributed by atoms with Gasteiger partial charge in [-0.15, -0.1) is 11.3 Å². The summed E-state index contributed by atoms with van der Waals surface area (Å²) in [6, 6.07) is 5.84. The average Bonchev–Trinajstić information content (AvgIpc) is 3.13. The molecule has 158 valence electrons. The third-order valence-electron chi connectivity index (χ3n) is 4.20. The number of pyridine rings is 1. The van der Waals surface area contributed by atoms with Crippen LogP contribution in [0.25, 0.3) is 0 Å². The summed E-state index contributed by atoms with van der Waals surface area (Å²) in [7, 11) is -3.59. The standard InChI is InChI=1S/C17H18F3N3O4S2/c1-12-2-5-15(28-12)29(25,26)23-8-6-22(7-9-23)16(24)13-3-4-14(21-10-13)27-11-17(18,19)20/h2-5,10H,6-9,11H2,1H3. The molecule has 1 aliphatic heterocycles. The van der Waals surface area contributed by atoms with Crippen LogP contribution in [0.2, 0.25) is 0 Å². The minimum atomic E-state index is -4.47. The molecule has 1 fully saturated rings. The quantitative estimate of drug-likeness (QED) is 0.701. The molecule has 1 amide bonds. The number of piperazine rings is 1. The third-order valence-corrected chi connectivity index (χ3v) is 7.57. The van der Waals surface area contributed by atoms with E-state index in [9.17, 15) is 26.4 Å². The number of nitrogens with zero attached hydrogens (tertiary/aromatic N) is 3. The van der Waals surface area contributed by atoms with Crippen molar-refractivity contribution in [3.8, 4) is 5.88 Å². The maximum atomic E-state index is 12.6. The Morgan fingerprint density at radius 1 is 1.17 bits per heavy atom. The first-order valence-corrected chi connectivity index (χ1v) is 10.8. The van der Waals surface area contributed by atoms with Crippen LogP contribution in [0.5, 0.6) is 5.88 Å². The van der Waals surface area contributed by atoms with E-state index in [-0.39, 0.29) is 47.7 Å². The molecular weight excluding hydrogens is 431 g/mol. The predicted octanol–water partition coefficient (Wildman–Crippen LogP) is 2.54. The lowest BCUT2D eigenvalue weighted by Crippen LogP contribution is -2.50. The zero-order valence-electron chi connectivity index (χ0n) is 15.3. The van der Waals surface area contributed by atoms with E-state index >= 15 is 0 Å². The van der Waals surface area contributed by atoms with Gasteiger partial charge in [0.15, 0.2) is 6.61 Å². The van der Waals surface area contributed by atoms with Gasteiger partial charge in [-0.3, -0.25) is 4.79 Å². The number of aromatic nitrogens is 1. The molecule has 0 saturated carbocycles. The van der Waals surface area contributed by atoms with Crippen molar-refractivity contribution in [1.82, 2.24) is 14.2 Å². The van der Waals surface area contributed by atoms with Gasteiger partial charge >= 0.3 is 6.18 Å². The lowest BCUT2D eigenvalue weighted by Gasteiger charge is -2.33. The topological polar surface area (TPSA) is 79.8 Å². The number of hydrogen-bond acceptors (Lipinski definition) is 6. The molecule has 2 aromatic rings. The summed E-state index contributed by atoms with van der Waals surface area (Å²) >= 11 is 1.20. The number of hydrogen-bond donors (Lipinski definition) is 0. The zero-order chi connectivity index (χ0) is 21.2. The second-order valence-corrected chi connectivity index (χ2v) is 9.80. The minimum absolute atomic E-state index is 0.158. The van der Waals surface area contributed by atoms with Gasteiger partial charge in [0.25, 0.3) is 15.9 Å². The summed E-state index contributed by atoms with van der Waals surface area (Å²) in [5.41, 5.74) is 0.189. The Labute approximate surface area is 169 Å². The highest BCUT2D eigenvalue weighted by molar-refractivity contribution is 7.91. The van der Waals surface area contributed by atoms with Crippen molar-refractivity contribution < 1.29 is 31.1 Å². The van der Waals surface area contributed by atoms with Crippen LogP contribution in [-0.4, -0.2) is 67.5 Å². The number of aryl methyl sites for hydroxylation is 1. The van der Waals surface area contributed by atoms with Crippen LogP contribution in [-0.2, 0) is 10.0 Å². The first-order chi connectivity index (χ1) is 13.6. The van der Waals surface area contributed by atoms with Crippen molar-refractivity contribution in [2.24, 2.45) is 0 Å². The molecule has 0 unspecified atom stereocenters. The fraction of sp³-hybridized carbons (Fsp3) is 0.412. The minimum Gasteiger partial charge on any atom is -0.468 e. The molecule has 1 aliphatic rings. The molecule has 0 aliphatic carbocycles. The summed E-state index contributed by atoms with van der Waals surface area (Å²) in [5.74, 6) is -0.607. The van der Waals surface area contributed by atoms with Crippen molar-refractivity contribution >= 4 is 27.3 Å². The van der Waals surface area contributed by atoms with Crippen molar-refractivity contribution in [1.29, 1.82) is 0 Å². The molecule has 0 bridgehead atoms. The number of alkyl halides is 3. The van der Waals surface area contributed by atoms with E-state index in [0.717, 1.165) is 11.1 Å². The SMILES string of the molecule is Cc1ccc(S(=O)(=O)N2CCN(C(=O)c3ccc(OCC(F)(F)F)nc3)CC2)s1. The number of carbonyl (C=O) groups is 1. The van der Waals surface area contributed by atoms with Gasteiger partial charge in [0.1, 0.15) is 4.21 Å². The first-order valence-electron chi connectivity index (χ1n) is 8.58. The second kappa shape index (κ2) is 8.28. The lowest BCUT2D eigenvalue weighted by molar-refractivity contribution is -0.154. The predicted molar refractivity (Wildman–Crippen MR) is 99.5 cm³/mol. The van der Waals surface area contributed by atoms with E-state index in [1.54, 1.807) is 12.1 Å². The fourth-order valence-corrected chi connectivity index (χ4v) is 5.60. The summed E-state index contributed by atoms with van der Waals surface area (Å²) in [4.78, 5) is 18.7. The zero-order valence-corrected chi connectivity index (χ0v) is 17.0. The number of thiophene rings is 1. The van der Waals surface area contributed by atoms with Gasteiger partial charge in [0.05, 0.1) is 5.56 Å². The van der Waals surface area contributed by atoms with Gasteiger partial charge in [0.2, 0.25) is 5.88 Å². The smallest absolute Gasteiger partial charge is 0.422 e. The van der Waals surface area contributed by atoms with Gasteiger partial charge in [-0.25, -0.2) is 13.4 Å². The van der Waals surface area contributed by atoms with Crippen LogP contribution in [0, 0.1) is 6.92 Å². The molecule has 0 atom stereocenters. The maximum Gasteiger partial charge on any atom is 0.422 e. The van der Waals surface area contributed by atoms with E-state index in [2.05, 4.69) is 9.72 Å². The van der Waals surface area contributed by atoms with Crippen molar-refractivity contribution in [3.63, 3.8) is 0 Å². The molecule has 0 radical (unpaired) electrons. The lowest BCUT2D eigenvalue weighted by atomic mass is 10.2. The molecule has 12 heteroatoms. The van der Waals surface area contributed by atoms with Gasteiger partial charge in [0, 0.05) is 43.3 Å². The Bertz CT molecular complexity index is 967. The van der Waals surface area contributed by atoms with Crippen LogP contribution in [0.15, 0.2) is 34.7 Å². The monoisotopic (exact) mass is 449 g/mol. The van der Waals surface area contributed by atoms with E-state index in [1.807, 2.05) is 6.92 Å². The molecule has 3 heterocycles. The fourth-order valence-electron chi connectivity index (χ4n) is 2.74. The van der Waals surface area contributed by atoms with E-state index in [0.29, 0.717) is 0 Å². The van der Waals surface area contributed by atoms with Gasteiger partial charge in [-0.1, -0.05) is 0 Å². The summed E-state index contributed by atoms with van der Waals surface area (Å²) in [5, 5.41) is 0. The average molecular weight is 449 g/mol. The van der Waals surface area contributed by atoms with Gasteiger partial charge < -0.3 is 9.64 Å². The van der Waals surface area contributed by atoms with E-state index in [4.69, 9.17) is 0 Å². The molecule has 29 heavy (non-hydrogen) atoms. The molecule has 0 N–H and O–H groups in total. The Balaban J connectivity index is 1.58. The molecule has 3 rings (SSSR count). The van der Waals surface area contributed by atoms with Crippen LogP contribution in [0.4, 0.5) is 13.2 Å². The maximum absolute atomic E-state index is 12.6. The number of sulfonamides is 1. The van der Waals surface area contributed by atoms with Crippen LogP contribution in [0.3, 0.4) is 0 Å². The number of amides is 1. The van der Waals surface area contributed by atoms with E-state index in [1.165, 1.54) is 32.7 Å². The molecule has 0 spiro atoms. The van der Waals surface area contributed by atoms with Crippen molar-refractivity contribution in [3.05, 3.63) is 40.9 Å². The normalized spacial score (nSPS) is 16.1. The largest absolute Gasteiger partial charge is 0.468 e. The third kappa shape index (κ3) is 5.25. The van der Waals surface area contributed by atoms with Crippen molar-refractivity contribution in [2.75, 3.05) is 32.8 Å². The Morgan fingerprint density at radius 2 is 1.86 bits per heavy atom. The molecule has 0 aromatic carbocycles. The molecule has 1 saturated heterocycles. The summed E-state index contributed by atoms with van der Waals surface area (Å²) in [6.07, 6.45) is -3.33. The Kier molecular flexibility index (Phi) is 6.15. The molecule has 2 aromatic heterocycles. The Hall–Kier alpha value is -2.18. The Morgan fingerprint density at radius 3 is 2.38 bits per heavy atom. The van der Waals surface area contributed by atoms with Crippen LogP contribution < -0.4 is 4.74 Å². The molecule has 7 nitrogen and oxygen atoms in total. The van der Waals surface area contributed by atoms with Gasteiger partial charge in [-0.2, -0.15) is 17.5 Å². The van der Waals surface area contributed by atoms with Crippen LogP contribution >= 0.6 is 11.3 Å². The highest BCUT2D eigenvalue weighted by Gasteiger charge is 2.31. The highest BCUT2D eigenvalue weighted by Crippen LogP contribution is 2.25. The van der Waals surface area contributed by atoms with Crippen molar-refractivity contribution in [2.45, 2.75) is 17.3 Å². The molecular formula is C17H18F3N3O4S2. The number of ether oxygens (including phenoxy) is 1. The first kappa shape index (κ1) is 21.5. The van der Waals surface area contributed by atoms with Crippen LogP contribution in [0.1, 0.15) is 15.2 Å². The summed E-state index contributed by atoms with van der Waals surface area (Å²) < 4.78 is 67.9. The highest BCUT2D eigenvalue weighted by atomic mass is 32.2.